The normalized spacial score (nSPS) is 21.1. The molecule has 2 aliphatic rings. The van der Waals surface area contributed by atoms with E-state index in [0.29, 0.717) is 37.7 Å². The minimum atomic E-state index is -0.718. The Hall–Kier alpha value is -2.65. The number of hydrogen-bond acceptors (Lipinski definition) is 7. The number of rotatable bonds is 11. The number of piperazine rings is 1. The molecule has 2 aliphatic heterocycles. The van der Waals surface area contributed by atoms with Crippen molar-refractivity contribution in [3.63, 3.8) is 0 Å². The first kappa shape index (κ1) is 24.0. The van der Waals surface area contributed by atoms with E-state index in [1.165, 1.54) is 0 Å². The van der Waals surface area contributed by atoms with Crippen LogP contribution in [0.4, 0.5) is 5.69 Å². The molecule has 1 aromatic carbocycles. The van der Waals surface area contributed by atoms with Gasteiger partial charge in [-0.3, -0.25) is 19.3 Å². The van der Waals surface area contributed by atoms with Gasteiger partial charge in [0.1, 0.15) is 18.4 Å². The van der Waals surface area contributed by atoms with E-state index in [-0.39, 0.29) is 30.9 Å². The molecule has 2 heterocycles. The van der Waals surface area contributed by atoms with Crippen LogP contribution in [-0.2, 0) is 23.9 Å². The Kier molecular flexibility index (Phi) is 9.30. The SMILES string of the molecule is CCCCOC(=O)CC1C(=O)NCCN1CC(=O)Nc1cccc(OCC2CCCO2)c1. The van der Waals surface area contributed by atoms with Crippen LogP contribution in [0, 0.1) is 0 Å². The molecule has 0 radical (unpaired) electrons. The fourth-order valence-corrected chi connectivity index (χ4v) is 3.73. The summed E-state index contributed by atoms with van der Waals surface area (Å²) in [5.74, 6) is -0.299. The highest BCUT2D eigenvalue weighted by Gasteiger charge is 2.33. The molecule has 176 valence electrons. The molecule has 0 saturated carbocycles. The Bertz CT molecular complexity index is 781. The largest absolute Gasteiger partial charge is 0.491 e. The van der Waals surface area contributed by atoms with Crippen molar-refractivity contribution >= 4 is 23.5 Å². The molecular formula is C23H33N3O6. The second-order valence-electron chi connectivity index (χ2n) is 8.08. The van der Waals surface area contributed by atoms with E-state index in [9.17, 15) is 14.4 Å². The van der Waals surface area contributed by atoms with Crippen LogP contribution in [0.15, 0.2) is 24.3 Å². The van der Waals surface area contributed by atoms with E-state index in [0.717, 1.165) is 32.3 Å². The van der Waals surface area contributed by atoms with Crippen LogP contribution >= 0.6 is 0 Å². The molecule has 2 atom stereocenters. The maximum atomic E-state index is 12.6. The second kappa shape index (κ2) is 12.4. The zero-order valence-electron chi connectivity index (χ0n) is 18.6. The van der Waals surface area contributed by atoms with Crippen LogP contribution in [0.5, 0.6) is 5.75 Å². The Balaban J connectivity index is 1.51. The molecule has 0 bridgehead atoms. The van der Waals surface area contributed by atoms with Crippen molar-refractivity contribution in [1.82, 2.24) is 10.2 Å². The number of ether oxygens (including phenoxy) is 3. The fourth-order valence-electron chi connectivity index (χ4n) is 3.73. The molecule has 1 aromatic rings. The Labute approximate surface area is 188 Å². The van der Waals surface area contributed by atoms with Crippen LogP contribution in [0.1, 0.15) is 39.0 Å². The Morgan fingerprint density at radius 3 is 3.00 bits per heavy atom. The van der Waals surface area contributed by atoms with Gasteiger partial charge in [0.05, 0.1) is 25.7 Å². The van der Waals surface area contributed by atoms with Crippen molar-refractivity contribution in [1.29, 1.82) is 0 Å². The number of hydrogen-bond donors (Lipinski definition) is 2. The average Bonchev–Trinajstić information content (AvgIpc) is 3.29. The van der Waals surface area contributed by atoms with Gasteiger partial charge in [-0.25, -0.2) is 0 Å². The van der Waals surface area contributed by atoms with Gasteiger partial charge >= 0.3 is 5.97 Å². The van der Waals surface area contributed by atoms with Gasteiger partial charge in [0.2, 0.25) is 11.8 Å². The Morgan fingerprint density at radius 2 is 2.22 bits per heavy atom. The van der Waals surface area contributed by atoms with E-state index < -0.39 is 12.0 Å². The fraction of sp³-hybridized carbons (Fsp3) is 0.609. The van der Waals surface area contributed by atoms with Gasteiger partial charge < -0.3 is 24.8 Å². The number of anilines is 1. The van der Waals surface area contributed by atoms with Crippen LogP contribution in [0.3, 0.4) is 0 Å². The standard InChI is InChI=1S/C23H33N3O6/c1-2-3-11-31-22(28)14-20-23(29)24-9-10-26(20)15-21(27)25-17-6-4-7-18(13-17)32-16-19-8-5-12-30-19/h4,6-7,13,19-20H,2-3,5,8-12,14-16H2,1H3,(H,24,29)(H,25,27). The highest BCUT2D eigenvalue weighted by Crippen LogP contribution is 2.20. The summed E-state index contributed by atoms with van der Waals surface area (Å²) in [6, 6.07) is 6.47. The Morgan fingerprint density at radius 1 is 1.34 bits per heavy atom. The summed E-state index contributed by atoms with van der Waals surface area (Å²) in [6.07, 6.45) is 3.79. The molecule has 2 saturated heterocycles. The summed E-state index contributed by atoms with van der Waals surface area (Å²) >= 11 is 0. The van der Waals surface area contributed by atoms with E-state index in [2.05, 4.69) is 10.6 Å². The van der Waals surface area contributed by atoms with Gasteiger partial charge in [-0.05, 0) is 31.4 Å². The molecule has 0 aliphatic carbocycles. The lowest BCUT2D eigenvalue weighted by Crippen LogP contribution is -2.57. The lowest BCUT2D eigenvalue weighted by atomic mass is 10.1. The highest BCUT2D eigenvalue weighted by atomic mass is 16.5. The van der Waals surface area contributed by atoms with Crippen molar-refractivity contribution in [2.75, 3.05) is 44.8 Å². The predicted molar refractivity (Wildman–Crippen MR) is 118 cm³/mol. The van der Waals surface area contributed by atoms with Crippen molar-refractivity contribution in [3.8, 4) is 5.75 Å². The monoisotopic (exact) mass is 447 g/mol. The number of esters is 1. The molecule has 2 unspecified atom stereocenters. The van der Waals surface area contributed by atoms with E-state index in [1.54, 1.807) is 17.0 Å². The number of carbonyl (C=O) groups excluding carboxylic acids is 3. The predicted octanol–water partition coefficient (Wildman–Crippen LogP) is 1.72. The minimum Gasteiger partial charge on any atom is -0.491 e. The van der Waals surface area contributed by atoms with Crippen molar-refractivity contribution in [2.45, 2.75) is 51.2 Å². The zero-order chi connectivity index (χ0) is 22.8. The third-order valence-corrected chi connectivity index (χ3v) is 5.49. The number of nitrogens with one attached hydrogen (secondary N) is 2. The van der Waals surface area contributed by atoms with Gasteiger partial charge in [-0.15, -0.1) is 0 Å². The average molecular weight is 448 g/mol. The van der Waals surface area contributed by atoms with E-state index in [1.807, 2.05) is 19.1 Å². The number of carbonyl (C=O) groups is 3. The number of amides is 2. The number of unbranched alkanes of at least 4 members (excludes halogenated alkanes) is 1. The summed E-state index contributed by atoms with van der Waals surface area (Å²) in [5, 5.41) is 5.60. The summed E-state index contributed by atoms with van der Waals surface area (Å²) in [7, 11) is 0. The van der Waals surface area contributed by atoms with Crippen LogP contribution in [0.2, 0.25) is 0 Å². The first-order chi connectivity index (χ1) is 15.5. The van der Waals surface area contributed by atoms with Crippen LogP contribution in [0.25, 0.3) is 0 Å². The van der Waals surface area contributed by atoms with Gasteiger partial charge in [0.15, 0.2) is 0 Å². The molecular weight excluding hydrogens is 414 g/mol. The summed E-state index contributed by atoms with van der Waals surface area (Å²) < 4.78 is 16.5. The number of benzene rings is 1. The smallest absolute Gasteiger partial charge is 0.307 e. The van der Waals surface area contributed by atoms with Gasteiger partial charge in [-0.1, -0.05) is 19.4 Å². The quantitative estimate of drug-likeness (QED) is 0.393. The lowest BCUT2D eigenvalue weighted by molar-refractivity contribution is -0.149. The summed E-state index contributed by atoms with van der Waals surface area (Å²) in [5.41, 5.74) is 0.608. The third kappa shape index (κ3) is 7.49. The maximum Gasteiger partial charge on any atom is 0.307 e. The molecule has 32 heavy (non-hydrogen) atoms. The summed E-state index contributed by atoms with van der Waals surface area (Å²) in [6.45, 7) is 4.52. The highest BCUT2D eigenvalue weighted by molar-refractivity contribution is 5.93. The molecule has 2 N–H and O–H groups in total. The van der Waals surface area contributed by atoms with Crippen molar-refractivity contribution in [2.24, 2.45) is 0 Å². The summed E-state index contributed by atoms with van der Waals surface area (Å²) in [4.78, 5) is 38.8. The molecule has 3 rings (SSSR count). The van der Waals surface area contributed by atoms with Gasteiger partial charge in [-0.2, -0.15) is 0 Å². The van der Waals surface area contributed by atoms with E-state index in [4.69, 9.17) is 14.2 Å². The first-order valence-electron chi connectivity index (χ1n) is 11.4. The molecule has 0 aromatic heterocycles. The van der Waals surface area contributed by atoms with E-state index >= 15 is 0 Å². The molecule has 9 nitrogen and oxygen atoms in total. The van der Waals surface area contributed by atoms with Crippen LogP contribution in [-0.4, -0.2) is 74.3 Å². The first-order valence-corrected chi connectivity index (χ1v) is 11.4. The minimum absolute atomic E-state index is 0.00131. The van der Waals surface area contributed by atoms with Gasteiger partial charge in [0, 0.05) is 31.5 Å². The zero-order valence-corrected chi connectivity index (χ0v) is 18.6. The molecule has 2 fully saturated rings. The van der Waals surface area contributed by atoms with Crippen molar-refractivity contribution < 1.29 is 28.6 Å². The lowest BCUT2D eigenvalue weighted by Gasteiger charge is -2.33. The topological polar surface area (TPSA) is 106 Å². The number of nitrogens with zero attached hydrogens (tertiary/aromatic N) is 1. The molecule has 9 heteroatoms. The van der Waals surface area contributed by atoms with Crippen LogP contribution < -0.4 is 15.4 Å². The molecule has 2 amide bonds. The third-order valence-electron chi connectivity index (χ3n) is 5.49. The maximum absolute atomic E-state index is 12.6. The second-order valence-corrected chi connectivity index (χ2v) is 8.08. The van der Waals surface area contributed by atoms with Gasteiger partial charge in [0.25, 0.3) is 0 Å². The molecule has 0 spiro atoms. The van der Waals surface area contributed by atoms with Crippen molar-refractivity contribution in [3.05, 3.63) is 24.3 Å².